The molecule has 0 saturated carbocycles. The number of ether oxygens (including phenoxy) is 2. The Kier molecular flexibility index (Phi) is 6.35. The van der Waals surface area contributed by atoms with Crippen molar-refractivity contribution in [2.75, 3.05) is 37.5 Å². The van der Waals surface area contributed by atoms with Crippen molar-refractivity contribution in [3.05, 3.63) is 42.5 Å². The lowest BCUT2D eigenvalue weighted by Gasteiger charge is -2.35. The first kappa shape index (κ1) is 22.1. The van der Waals surface area contributed by atoms with Crippen molar-refractivity contribution in [1.29, 1.82) is 0 Å². The number of alkyl halides is 3. The van der Waals surface area contributed by atoms with Crippen molar-refractivity contribution in [2.45, 2.75) is 29.3 Å². The Balaban J connectivity index is 1.73. The van der Waals surface area contributed by atoms with Crippen LogP contribution in [0.4, 0.5) is 24.5 Å². The number of halogens is 3. The number of anilines is 2. The van der Waals surface area contributed by atoms with E-state index in [-0.39, 0.29) is 11.7 Å². The van der Waals surface area contributed by atoms with Crippen molar-refractivity contribution in [1.82, 2.24) is 0 Å². The molecule has 1 fully saturated rings. The van der Waals surface area contributed by atoms with Gasteiger partial charge >= 0.3 is 5.51 Å². The molecule has 1 aliphatic heterocycles. The highest BCUT2D eigenvalue weighted by atomic mass is 32.2. The van der Waals surface area contributed by atoms with Gasteiger partial charge in [0.2, 0.25) is 0 Å². The van der Waals surface area contributed by atoms with Gasteiger partial charge in [-0.05, 0) is 25.0 Å². The maximum absolute atomic E-state index is 13.1. The van der Waals surface area contributed by atoms with Crippen LogP contribution in [0.15, 0.2) is 47.4 Å². The molecule has 3 rings (SSSR count). The fraction of sp³-hybridized carbons (Fsp3) is 0.400. The Morgan fingerprint density at radius 2 is 1.57 bits per heavy atom. The monoisotopic (exact) mass is 444 g/mol. The molecule has 30 heavy (non-hydrogen) atoms. The van der Waals surface area contributed by atoms with Crippen molar-refractivity contribution >= 4 is 21.2 Å². The van der Waals surface area contributed by atoms with Crippen molar-refractivity contribution in [3.63, 3.8) is 0 Å². The lowest BCUT2D eigenvalue weighted by atomic mass is 10.0. The second-order valence-electron chi connectivity index (χ2n) is 6.92. The first-order chi connectivity index (χ1) is 14.2. The van der Waals surface area contributed by atoms with Crippen LogP contribution in [0.3, 0.4) is 0 Å². The SMILES string of the molecule is COc1cc(NC2CCN(c3ccccc3S(=O)(=O)C(F)(F)F)CC2)cc(OC)c1. The largest absolute Gasteiger partial charge is 0.501 e. The number of para-hydroxylation sites is 1. The fourth-order valence-corrected chi connectivity index (χ4v) is 4.44. The molecular formula is C20H23F3N2O4S. The Morgan fingerprint density at radius 1 is 1.00 bits per heavy atom. The van der Waals surface area contributed by atoms with Gasteiger partial charge in [0.1, 0.15) is 11.5 Å². The van der Waals surface area contributed by atoms with Gasteiger partial charge in [0.05, 0.1) is 24.8 Å². The highest BCUT2D eigenvalue weighted by Gasteiger charge is 2.48. The van der Waals surface area contributed by atoms with Crippen LogP contribution in [0.1, 0.15) is 12.8 Å². The summed E-state index contributed by atoms with van der Waals surface area (Å²) in [6, 6.07) is 10.8. The summed E-state index contributed by atoms with van der Waals surface area (Å²) in [6.07, 6.45) is 1.25. The smallest absolute Gasteiger partial charge is 0.497 e. The first-order valence-electron chi connectivity index (χ1n) is 9.30. The number of rotatable bonds is 6. The molecule has 0 radical (unpaired) electrons. The van der Waals surface area contributed by atoms with E-state index in [4.69, 9.17) is 9.47 Å². The third-order valence-corrected chi connectivity index (χ3v) is 6.55. The Bertz CT molecular complexity index is 966. The lowest BCUT2D eigenvalue weighted by Crippen LogP contribution is -2.40. The molecule has 1 heterocycles. The number of piperidine rings is 1. The van der Waals surface area contributed by atoms with Crippen molar-refractivity contribution in [3.8, 4) is 11.5 Å². The fourth-order valence-electron chi connectivity index (χ4n) is 3.46. The van der Waals surface area contributed by atoms with Crippen LogP contribution < -0.4 is 19.7 Å². The van der Waals surface area contributed by atoms with E-state index in [1.807, 2.05) is 12.1 Å². The van der Waals surface area contributed by atoms with Crippen LogP contribution in [0.5, 0.6) is 11.5 Å². The van der Waals surface area contributed by atoms with Crippen LogP contribution in [-0.2, 0) is 9.84 Å². The van der Waals surface area contributed by atoms with Crippen LogP contribution in [-0.4, -0.2) is 47.3 Å². The van der Waals surface area contributed by atoms with Gasteiger partial charge in [-0.2, -0.15) is 13.2 Å². The summed E-state index contributed by atoms with van der Waals surface area (Å²) in [7, 11) is -2.30. The Labute approximate surface area is 173 Å². The van der Waals surface area contributed by atoms with E-state index in [1.54, 1.807) is 25.2 Å². The van der Waals surface area contributed by atoms with Crippen molar-refractivity contribution < 1.29 is 31.1 Å². The topological polar surface area (TPSA) is 67.9 Å². The van der Waals surface area contributed by atoms with Gasteiger partial charge in [0, 0.05) is 43.0 Å². The van der Waals surface area contributed by atoms with Crippen LogP contribution in [0, 0.1) is 0 Å². The number of hydrogen-bond donors (Lipinski definition) is 1. The van der Waals surface area contributed by atoms with Gasteiger partial charge < -0.3 is 19.7 Å². The van der Waals surface area contributed by atoms with Gasteiger partial charge in [-0.1, -0.05) is 12.1 Å². The number of nitrogens with one attached hydrogen (secondary N) is 1. The second kappa shape index (κ2) is 8.63. The molecule has 0 amide bonds. The molecule has 0 aliphatic carbocycles. The highest BCUT2D eigenvalue weighted by Crippen LogP contribution is 2.37. The van der Waals surface area contributed by atoms with Gasteiger partial charge in [-0.25, -0.2) is 8.42 Å². The minimum Gasteiger partial charge on any atom is -0.497 e. The molecular weight excluding hydrogens is 421 g/mol. The van der Waals surface area contributed by atoms with Crippen LogP contribution >= 0.6 is 0 Å². The molecule has 164 valence electrons. The van der Waals surface area contributed by atoms with Gasteiger partial charge in [0.25, 0.3) is 9.84 Å². The maximum Gasteiger partial charge on any atom is 0.501 e. The summed E-state index contributed by atoms with van der Waals surface area (Å²) in [6.45, 7) is 0.840. The molecule has 0 bridgehead atoms. The number of methoxy groups -OCH3 is 2. The zero-order valence-electron chi connectivity index (χ0n) is 16.6. The minimum absolute atomic E-state index is 0.0736. The maximum atomic E-state index is 13.1. The summed E-state index contributed by atoms with van der Waals surface area (Å²) in [5.74, 6) is 1.28. The van der Waals surface area contributed by atoms with E-state index in [2.05, 4.69) is 5.32 Å². The number of nitrogens with zero attached hydrogens (tertiary/aromatic N) is 1. The van der Waals surface area contributed by atoms with E-state index >= 15 is 0 Å². The van der Waals surface area contributed by atoms with E-state index in [9.17, 15) is 21.6 Å². The lowest BCUT2D eigenvalue weighted by molar-refractivity contribution is -0.0435. The van der Waals surface area contributed by atoms with Crippen LogP contribution in [0.25, 0.3) is 0 Å². The second-order valence-corrected chi connectivity index (χ2v) is 8.83. The highest BCUT2D eigenvalue weighted by molar-refractivity contribution is 7.92. The summed E-state index contributed by atoms with van der Waals surface area (Å²) in [5, 5.41) is 3.39. The molecule has 0 atom stereocenters. The average Bonchev–Trinajstić information content (AvgIpc) is 2.73. The predicted octanol–water partition coefficient (Wildman–Crippen LogP) is 4.08. The quantitative estimate of drug-likeness (QED) is 0.724. The minimum atomic E-state index is -5.42. The Hall–Kier alpha value is -2.62. The van der Waals surface area contributed by atoms with Gasteiger partial charge in [-0.3, -0.25) is 0 Å². The summed E-state index contributed by atoms with van der Waals surface area (Å²) < 4.78 is 73.6. The molecule has 6 nitrogen and oxygen atoms in total. The zero-order valence-corrected chi connectivity index (χ0v) is 17.4. The molecule has 1 saturated heterocycles. The van der Waals surface area contributed by atoms with E-state index in [0.717, 1.165) is 11.8 Å². The molecule has 0 unspecified atom stereocenters. The third-order valence-electron chi connectivity index (χ3n) is 5.02. The molecule has 0 aromatic heterocycles. The number of hydrogen-bond acceptors (Lipinski definition) is 6. The standard InChI is InChI=1S/C20H23F3N2O4S/c1-28-16-11-15(12-17(13-16)29-2)24-14-7-9-25(10-8-14)18-5-3-4-6-19(18)30(26,27)20(21,22)23/h3-6,11-14,24H,7-10H2,1-2H3. The Morgan fingerprint density at radius 3 is 2.10 bits per heavy atom. The molecule has 2 aromatic rings. The van der Waals surface area contributed by atoms with Gasteiger partial charge in [0.15, 0.2) is 0 Å². The normalized spacial score (nSPS) is 15.7. The summed E-state index contributed by atoms with van der Waals surface area (Å²) in [4.78, 5) is 0.976. The van der Waals surface area contributed by atoms with E-state index in [0.29, 0.717) is 37.4 Å². The molecule has 0 spiro atoms. The summed E-state index contributed by atoms with van der Waals surface area (Å²) >= 11 is 0. The van der Waals surface area contributed by atoms with E-state index in [1.165, 1.54) is 18.2 Å². The van der Waals surface area contributed by atoms with Gasteiger partial charge in [-0.15, -0.1) is 0 Å². The molecule has 1 aliphatic rings. The number of benzene rings is 2. The van der Waals surface area contributed by atoms with Crippen LogP contribution in [0.2, 0.25) is 0 Å². The summed E-state index contributed by atoms with van der Waals surface area (Å²) in [5.41, 5.74) is -4.45. The predicted molar refractivity (Wildman–Crippen MR) is 108 cm³/mol. The third kappa shape index (κ3) is 4.58. The first-order valence-corrected chi connectivity index (χ1v) is 10.8. The van der Waals surface area contributed by atoms with E-state index < -0.39 is 20.2 Å². The average molecular weight is 444 g/mol. The number of sulfone groups is 1. The molecule has 10 heteroatoms. The molecule has 2 aromatic carbocycles. The van der Waals surface area contributed by atoms with Crippen molar-refractivity contribution in [2.24, 2.45) is 0 Å². The molecule has 1 N–H and O–H groups in total. The zero-order chi connectivity index (χ0) is 21.9.